The second-order valence-electron chi connectivity index (χ2n) is 8.75. The molecule has 0 aliphatic carbocycles. The van der Waals surface area contributed by atoms with Crippen LogP contribution in [0.5, 0.6) is 5.75 Å². The van der Waals surface area contributed by atoms with Crippen molar-refractivity contribution in [2.75, 3.05) is 40.3 Å². The summed E-state index contributed by atoms with van der Waals surface area (Å²) < 4.78 is 7.42. The molecule has 3 rings (SSSR count). The summed E-state index contributed by atoms with van der Waals surface area (Å²) in [5.41, 5.74) is 3.64. The predicted molar refractivity (Wildman–Crippen MR) is 131 cm³/mol. The lowest BCUT2D eigenvalue weighted by atomic mass is 9.85. The van der Waals surface area contributed by atoms with Crippen LogP contribution < -0.4 is 15.4 Å². The van der Waals surface area contributed by atoms with E-state index in [0.29, 0.717) is 12.0 Å². The molecule has 2 atom stereocenters. The number of hydrogen-bond acceptors (Lipinski definition) is 4. The van der Waals surface area contributed by atoms with E-state index in [1.54, 1.807) is 7.11 Å². The summed E-state index contributed by atoms with van der Waals surface area (Å²) in [6.45, 7) is 10.8. The highest BCUT2D eigenvalue weighted by Gasteiger charge is 2.30. The van der Waals surface area contributed by atoms with Gasteiger partial charge >= 0.3 is 0 Å². The number of aromatic nitrogens is 2. The van der Waals surface area contributed by atoms with Crippen molar-refractivity contribution in [3.05, 3.63) is 47.3 Å². The highest BCUT2D eigenvalue weighted by Crippen LogP contribution is 2.35. The fourth-order valence-electron chi connectivity index (χ4n) is 4.67. The monoisotopic (exact) mass is 440 g/mol. The van der Waals surface area contributed by atoms with Gasteiger partial charge in [-0.1, -0.05) is 12.1 Å². The third kappa shape index (κ3) is 6.48. The molecule has 176 valence electrons. The number of benzene rings is 1. The number of hydrogen-bond donors (Lipinski definition) is 2. The first kappa shape index (κ1) is 24.1. The normalized spacial score (nSPS) is 19.7. The summed E-state index contributed by atoms with van der Waals surface area (Å²) in [5, 5.41) is 11.5. The average Bonchev–Trinajstić information content (AvgIpc) is 3.11. The van der Waals surface area contributed by atoms with Gasteiger partial charge in [-0.3, -0.25) is 14.6 Å². The van der Waals surface area contributed by atoms with Crippen molar-refractivity contribution in [2.24, 2.45) is 10.9 Å². The molecule has 0 saturated carbocycles. The van der Waals surface area contributed by atoms with Gasteiger partial charge in [0.05, 0.1) is 12.8 Å². The topological polar surface area (TPSA) is 66.7 Å². The SMILES string of the molecule is CCNC(=NCC1CCCN(C)C1c1ccc(OC)cc1)NCCCn1nc(C)cc1C. The van der Waals surface area contributed by atoms with E-state index in [-0.39, 0.29) is 0 Å². The number of methoxy groups -OCH3 is 1. The minimum absolute atomic E-state index is 0.382. The number of likely N-dealkylation sites (tertiary alicyclic amines) is 1. The molecule has 1 saturated heterocycles. The van der Waals surface area contributed by atoms with E-state index in [2.05, 4.69) is 76.5 Å². The molecular weight excluding hydrogens is 400 g/mol. The van der Waals surface area contributed by atoms with Gasteiger partial charge in [-0.05, 0) is 83.3 Å². The lowest BCUT2D eigenvalue weighted by Crippen LogP contribution is -2.40. The van der Waals surface area contributed by atoms with E-state index >= 15 is 0 Å². The second kappa shape index (κ2) is 11.9. The smallest absolute Gasteiger partial charge is 0.191 e. The summed E-state index contributed by atoms with van der Waals surface area (Å²) >= 11 is 0. The number of nitrogens with one attached hydrogen (secondary N) is 2. The fraction of sp³-hybridized carbons (Fsp3) is 0.600. The molecule has 7 nitrogen and oxygen atoms in total. The second-order valence-corrected chi connectivity index (χ2v) is 8.75. The zero-order chi connectivity index (χ0) is 22.9. The fourth-order valence-corrected chi connectivity index (χ4v) is 4.67. The molecule has 0 spiro atoms. The maximum absolute atomic E-state index is 5.34. The zero-order valence-corrected chi connectivity index (χ0v) is 20.4. The zero-order valence-electron chi connectivity index (χ0n) is 20.4. The molecule has 7 heteroatoms. The molecule has 1 aliphatic heterocycles. The highest BCUT2D eigenvalue weighted by atomic mass is 16.5. The van der Waals surface area contributed by atoms with Crippen LogP contribution in [0.2, 0.25) is 0 Å². The van der Waals surface area contributed by atoms with Crippen molar-refractivity contribution < 1.29 is 4.74 Å². The quantitative estimate of drug-likeness (QED) is 0.355. The van der Waals surface area contributed by atoms with Gasteiger partial charge in [0.2, 0.25) is 0 Å². The van der Waals surface area contributed by atoms with Crippen molar-refractivity contribution in [3.63, 3.8) is 0 Å². The van der Waals surface area contributed by atoms with E-state index in [4.69, 9.17) is 9.73 Å². The number of nitrogens with zero attached hydrogens (tertiary/aromatic N) is 4. The van der Waals surface area contributed by atoms with Crippen LogP contribution in [0.1, 0.15) is 49.2 Å². The number of guanidine groups is 1. The van der Waals surface area contributed by atoms with Gasteiger partial charge in [-0.2, -0.15) is 5.10 Å². The Hall–Kier alpha value is -2.54. The van der Waals surface area contributed by atoms with Gasteiger partial charge in [0.25, 0.3) is 0 Å². The molecule has 2 heterocycles. The van der Waals surface area contributed by atoms with Crippen LogP contribution >= 0.6 is 0 Å². The summed E-state index contributed by atoms with van der Waals surface area (Å²) in [5.74, 6) is 2.30. The molecule has 2 aromatic rings. The van der Waals surface area contributed by atoms with E-state index < -0.39 is 0 Å². The summed E-state index contributed by atoms with van der Waals surface area (Å²) in [6.07, 6.45) is 3.42. The van der Waals surface area contributed by atoms with Crippen LogP contribution in [-0.4, -0.2) is 61.0 Å². The molecule has 32 heavy (non-hydrogen) atoms. The Labute approximate surface area is 193 Å². The Morgan fingerprint density at radius 2 is 2.00 bits per heavy atom. The van der Waals surface area contributed by atoms with E-state index in [1.807, 2.05) is 6.92 Å². The molecule has 1 fully saturated rings. The van der Waals surface area contributed by atoms with Crippen molar-refractivity contribution in [3.8, 4) is 5.75 Å². The Bertz CT molecular complexity index is 860. The molecule has 2 N–H and O–H groups in total. The van der Waals surface area contributed by atoms with Gasteiger partial charge in [0, 0.05) is 37.9 Å². The molecular formula is C25H40N6O. The number of ether oxygens (including phenoxy) is 1. The van der Waals surface area contributed by atoms with Crippen LogP contribution in [0, 0.1) is 19.8 Å². The van der Waals surface area contributed by atoms with Crippen LogP contribution in [0.15, 0.2) is 35.3 Å². The minimum atomic E-state index is 0.382. The van der Waals surface area contributed by atoms with Gasteiger partial charge in [-0.25, -0.2) is 0 Å². The van der Waals surface area contributed by atoms with Crippen LogP contribution in [0.3, 0.4) is 0 Å². The summed E-state index contributed by atoms with van der Waals surface area (Å²) in [4.78, 5) is 7.44. The van der Waals surface area contributed by atoms with Crippen LogP contribution in [0.25, 0.3) is 0 Å². The molecule has 2 unspecified atom stereocenters. The van der Waals surface area contributed by atoms with E-state index in [9.17, 15) is 0 Å². The minimum Gasteiger partial charge on any atom is -0.497 e. The first-order chi connectivity index (χ1) is 15.5. The third-order valence-corrected chi connectivity index (χ3v) is 6.24. The van der Waals surface area contributed by atoms with Crippen LogP contribution in [0.4, 0.5) is 0 Å². The number of piperidine rings is 1. The van der Waals surface area contributed by atoms with Gasteiger partial charge < -0.3 is 15.4 Å². The third-order valence-electron chi connectivity index (χ3n) is 6.24. The maximum Gasteiger partial charge on any atom is 0.191 e. The molecule has 1 aromatic heterocycles. The molecule has 0 radical (unpaired) electrons. The summed E-state index contributed by atoms with van der Waals surface area (Å²) in [6, 6.07) is 11.0. The largest absolute Gasteiger partial charge is 0.497 e. The number of aliphatic imine (C=N–C) groups is 1. The van der Waals surface area contributed by atoms with Crippen LogP contribution in [-0.2, 0) is 6.54 Å². The highest BCUT2D eigenvalue weighted by molar-refractivity contribution is 5.79. The maximum atomic E-state index is 5.34. The average molecular weight is 441 g/mol. The van der Waals surface area contributed by atoms with Crippen molar-refractivity contribution in [1.82, 2.24) is 25.3 Å². The lowest BCUT2D eigenvalue weighted by molar-refractivity contribution is 0.125. The van der Waals surface area contributed by atoms with E-state index in [0.717, 1.165) is 56.5 Å². The Kier molecular flexibility index (Phi) is 8.97. The molecule has 1 aromatic carbocycles. The number of rotatable bonds is 9. The van der Waals surface area contributed by atoms with Gasteiger partial charge in [0.1, 0.15) is 5.75 Å². The number of aryl methyl sites for hydroxylation is 3. The first-order valence-corrected chi connectivity index (χ1v) is 11.9. The first-order valence-electron chi connectivity index (χ1n) is 11.9. The van der Waals surface area contributed by atoms with Gasteiger partial charge in [0.15, 0.2) is 5.96 Å². The molecule has 0 bridgehead atoms. The standard InChI is InChI=1S/C25H40N6O/c1-6-26-25(27-14-8-16-31-20(3)17-19(2)29-31)28-18-22-9-7-15-30(4)24(22)21-10-12-23(32-5)13-11-21/h10-13,17,22,24H,6-9,14-16,18H2,1-5H3,(H2,26,27,28). The Morgan fingerprint density at radius 1 is 1.22 bits per heavy atom. The van der Waals surface area contributed by atoms with E-state index in [1.165, 1.54) is 24.1 Å². The summed E-state index contributed by atoms with van der Waals surface area (Å²) in [7, 11) is 3.94. The lowest BCUT2D eigenvalue weighted by Gasteiger charge is -2.39. The Morgan fingerprint density at radius 3 is 2.66 bits per heavy atom. The Balaban J connectivity index is 1.59. The molecule has 1 aliphatic rings. The van der Waals surface area contributed by atoms with Crippen molar-refractivity contribution >= 4 is 5.96 Å². The van der Waals surface area contributed by atoms with Crippen molar-refractivity contribution in [1.29, 1.82) is 0 Å². The predicted octanol–water partition coefficient (Wildman–Crippen LogP) is 3.54. The van der Waals surface area contributed by atoms with Gasteiger partial charge in [-0.15, -0.1) is 0 Å². The molecule has 0 amide bonds. The van der Waals surface area contributed by atoms with Crippen molar-refractivity contribution in [2.45, 2.75) is 52.6 Å².